The van der Waals surface area contributed by atoms with Crippen LogP contribution in [0.15, 0.2) is 0 Å². The van der Waals surface area contributed by atoms with E-state index in [2.05, 4.69) is 33.9 Å². The lowest BCUT2D eigenvalue weighted by atomic mass is 9.97. The topological polar surface area (TPSA) is 180 Å². The van der Waals surface area contributed by atoms with Gasteiger partial charge in [0.25, 0.3) is 0 Å². The first-order valence-electron chi connectivity index (χ1n) is 9.87. The molecule has 1 aliphatic heterocycles. The van der Waals surface area contributed by atoms with Crippen LogP contribution in [0.1, 0.15) is 39.5 Å². The predicted molar refractivity (Wildman–Crippen MR) is 112 cm³/mol. The van der Waals surface area contributed by atoms with Crippen molar-refractivity contribution in [1.29, 1.82) is 0 Å². The van der Waals surface area contributed by atoms with Crippen molar-refractivity contribution < 1.29 is 29.1 Å². The van der Waals surface area contributed by atoms with E-state index in [4.69, 9.17) is 10.8 Å². The Balaban J connectivity index is 2.82. The zero-order valence-electron chi connectivity index (χ0n) is 17.1. The second-order valence-electron chi connectivity index (χ2n) is 7.33. The molecule has 0 bridgehead atoms. The highest BCUT2D eigenvalue weighted by atomic mass is 32.1. The van der Waals surface area contributed by atoms with Crippen LogP contribution >= 0.6 is 12.6 Å². The van der Waals surface area contributed by atoms with Gasteiger partial charge >= 0.3 is 5.97 Å². The fourth-order valence-electron chi connectivity index (χ4n) is 2.99. The van der Waals surface area contributed by atoms with Crippen LogP contribution in [0, 0.1) is 5.92 Å². The Bertz CT molecular complexity index is 655. The molecule has 0 radical (unpaired) electrons. The van der Waals surface area contributed by atoms with Gasteiger partial charge in [0.2, 0.25) is 23.6 Å². The summed E-state index contributed by atoms with van der Waals surface area (Å²) in [4.78, 5) is 59.9. The number of carboxylic acids is 1. The molecule has 12 heteroatoms. The third-order valence-corrected chi connectivity index (χ3v) is 5.37. The standard InChI is InChI=1S/C18H31N5O6S/c1-3-9(2)14(23-15(25)10-5-4-6-20-10)17(27)22-12(8-30)16(26)21-11(18(28)29)7-13(19)24/h9-12,14,20,30H,3-8H2,1-2H3,(H2,19,24)(H,21,26)(H,22,27)(H,23,25)(H,28,29). The van der Waals surface area contributed by atoms with E-state index in [0.29, 0.717) is 12.8 Å². The van der Waals surface area contributed by atoms with Gasteiger partial charge in [-0.15, -0.1) is 0 Å². The minimum atomic E-state index is -1.52. The number of nitrogens with two attached hydrogens (primary N) is 1. The van der Waals surface area contributed by atoms with Gasteiger partial charge in [-0.2, -0.15) is 12.6 Å². The Kier molecular flexibility index (Phi) is 10.6. The molecule has 5 atom stereocenters. The van der Waals surface area contributed by atoms with Crippen LogP contribution < -0.4 is 27.0 Å². The Morgan fingerprint density at radius 1 is 1.13 bits per heavy atom. The van der Waals surface area contributed by atoms with Crippen molar-refractivity contribution in [3.63, 3.8) is 0 Å². The molecule has 170 valence electrons. The van der Waals surface area contributed by atoms with E-state index in [9.17, 15) is 24.0 Å². The van der Waals surface area contributed by atoms with Crippen molar-refractivity contribution in [1.82, 2.24) is 21.3 Å². The van der Waals surface area contributed by atoms with Crippen LogP contribution in [0.5, 0.6) is 0 Å². The van der Waals surface area contributed by atoms with Crippen LogP contribution in [0.2, 0.25) is 0 Å². The number of carbonyl (C=O) groups is 5. The highest BCUT2D eigenvalue weighted by Crippen LogP contribution is 2.11. The second kappa shape index (κ2) is 12.4. The molecule has 7 N–H and O–H groups in total. The van der Waals surface area contributed by atoms with Gasteiger partial charge in [0.05, 0.1) is 12.5 Å². The molecule has 0 saturated carbocycles. The summed E-state index contributed by atoms with van der Waals surface area (Å²) < 4.78 is 0. The fourth-order valence-corrected chi connectivity index (χ4v) is 3.25. The van der Waals surface area contributed by atoms with Gasteiger partial charge in [-0.1, -0.05) is 20.3 Å². The lowest BCUT2D eigenvalue weighted by Gasteiger charge is -2.27. The minimum Gasteiger partial charge on any atom is -0.480 e. The SMILES string of the molecule is CCC(C)C(NC(=O)C1CCCN1)C(=O)NC(CS)C(=O)NC(CC(N)=O)C(=O)O. The van der Waals surface area contributed by atoms with E-state index >= 15 is 0 Å². The van der Waals surface area contributed by atoms with Crippen LogP contribution in [0.3, 0.4) is 0 Å². The van der Waals surface area contributed by atoms with Crippen molar-refractivity contribution >= 4 is 42.2 Å². The Morgan fingerprint density at radius 3 is 2.23 bits per heavy atom. The molecule has 0 aliphatic carbocycles. The molecule has 1 heterocycles. The first-order valence-corrected chi connectivity index (χ1v) is 10.5. The van der Waals surface area contributed by atoms with Crippen LogP contribution in [0.4, 0.5) is 0 Å². The van der Waals surface area contributed by atoms with Gasteiger partial charge in [-0.05, 0) is 25.3 Å². The molecule has 1 saturated heterocycles. The number of thiol groups is 1. The average molecular weight is 446 g/mol. The number of carboxylic acid groups (broad SMARTS) is 1. The normalized spacial score (nSPS) is 19.8. The summed E-state index contributed by atoms with van der Waals surface area (Å²) in [6.07, 6.45) is 1.57. The maximum atomic E-state index is 12.8. The van der Waals surface area contributed by atoms with E-state index in [1.165, 1.54) is 0 Å². The Morgan fingerprint density at radius 2 is 1.77 bits per heavy atom. The molecule has 0 aromatic carbocycles. The molecule has 0 spiro atoms. The first-order chi connectivity index (χ1) is 14.1. The first kappa shape index (κ1) is 25.7. The number of hydrogen-bond donors (Lipinski definition) is 7. The van der Waals surface area contributed by atoms with Gasteiger partial charge in [-0.3, -0.25) is 19.2 Å². The number of hydrogen-bond acceptors (Lipinski definition) is 7. The third-order valence-electron chi connectivity index (χ3n) is 5.01. The van der Waals surface area contributed by atoms with E-state index in [0.717, 1.165) is 13.0 Å². The van der Waals surface area contributed by atoms with Crippen LogP contribution in [-0.2, 0) is 24.0 Å². The second-order valence-corrected chi connectivity index (χ2v) is 7.70. The molecular weight excluding hydrogens is 414 g/mol. The Hall–Kier alpha value is -2.34. The molecule has 1 aliphatic rings. The van der Waals surface area contributed by atoms with Gasteiger partial charge < -0.3 is 32.1 Å². The van der Waals surface area contributed by atoms with Gasteiger partial charge in [0.15, 0.2) is 0 Å². The fraction of sp³-hybridized carbons (Fsp3) is 0.722. The molecule has 11 nitrogen and oxygen atoms in total. The molecule has 0 aromatic rings. The quantitative estimate of drug-likeness (QED) is 0.172. The van der Waals surface area contributed by atoms with E-state index < -0.39 is 48.2 Å². The van der Waals surface area contributed by atoms with Crippen LogP contribution in [0.25, 0.3) is 0 Å². The molecule has 1 rings (SSSR count). The maximum Gasteiger partial charge on any atom is 0.326 e. The van der Waals surface area contributed by atoms with E-state index in [1.807, 2.05) is 6.92 Å². The zero-order valence-corrected chi connectivity index (χ0v) is 18.0. The van der Waals surface area contributed by atoms with Gasteiger partial charge in [0, 0.05) is 5.75 Å². The van der Waals surface area contributed by atoms with E-state index in [1.54, 1.807) is 6.92 Å². The summed E-state index contributed by atoms with van der Waals surface area (Å²) in [5.74, 6) is -4.33. The summed E-state index contributed by atoms with van der Waals surface area (Å²) in [5, 5.41) is 19.6. The number of carbonyl (C=O) groups excluding carboxylic acids is 4. The minimum absolute atomic E-state index is 0.119. The highest BCUT2D eigenvalue weighted by Gasteiger charge is 2.33. The zero-order chi connectivity index (χ0) is 22.8. The van der Waals surface area contributed by atoms with E-state index in [-0.39, 0.29) is 23.6 Å². The summed E-state index contributed by atoms with van der Waals surface area (Å²) in [6.45, 7) is 4.40. The smallest absolute Gasteiger partial charge is 0.326 e. The van der Waals surface area contributed by atoms with Crippen molar-refractivity contribution in [2.24, 2.45) is 11.7 Å². The monoisotopic (exact) mass is 445 g/mol. The number of rotatable bonds is 12. The summed E-state index contributed by atoms with van der Waals surface area (Å²) in [7, 11) is 0. The number of primary amides is 1. The predicted octanol–water partition coefficient (Wildman–Crippen LogP) is -1.87. The van der Waals surface area contributed by atoms with Gasteiger partial charge in [-0.25, -0.2) is 4.79 Å². The average Bonchev–Trinajstić information content (AvgIpc) is 3.23. The third kappa shape index (κ3) is 7.82. The lowest BCUT2D eigenvalue weighted by molar-refractivity contribution is -0.143. The number of amides is 4. The highest BCUT2D eigenvalue weighted by molar-refractivity contribution is 7.80. The molecule has 5 unspecified atom stereocenters. The number of nitrogens with one attached hydrogen (secondary N) is 4. The molecule has 4 amide bonds. The molecule has 1 fully saturated rings. The largest absolute Gasteiger partial charge is 0.480 e. The van der Waals surface area contributed by atoms with Gasteiger partial charge in [0.1, 0.15) is 18.1 Å². The molecular formula is C18H31N5O6S. The maximum absolute atomic E-state index is 12.8. The molecule has 0 aromatic heterocycles. The summed E-state index contributed by atoms with van der Waals surface area (Å²) in [6, 6.07) is -3.92. The molecule has 30 heavy (non-hydrogen) atoms. The van der Waals surface area contributed by atoms with Crippen LogP contribution in [-0.4, -0.2) is 71.2 Å². The number of aliphatic carboxylic acids is 1. The van der Waals surface area contributed by atoms with Crippen molar-refractivity contribution in [3.8, 4) is 0 Å². The van der Waals surface area contributed by atoms with Crippen molar-refractivity contribution in [2.45, 2.75) is 63.7 Å². The van der Waals surface area contributed by atoms with Crippen molar-refractivity contribution in [2.75, 3.05) is 12.3 Å². The summed E-state index contributed by atoms with van der Waals surface area (Å²) >= 11 is 4.05. The Labute approximate surface area is 180 Å². The summed E-state index contributed by atoms with van der Waals surface area (Å²) in [5.41, 5.74) is 5.00. The lowest BCUT2D eigenvalue weighted by Crippen LogP contribution is -2.59. The van der Waals surface area contributed by atoms with Crippen molar-refractivity contribution in [3.05, 3.63) is 0 Å².